The van der Waals surface area contributed by atoms with Gasteiger partial charge in [-0.15, -0.1) is 0 Å². The van der Waals surface area contributed by atoms with Crippen molar-refractivity contribution in [2.45, 2.75) is 38.5 Å². The predicted molar refractivity (Wildman–Crippen MR) is 114 cm³/mol. The minimum absolute atomic E-state index is 0.148. The first kappa shape index (κ1) is 21.3. The van der Waals surface area contributed by atoms with Crippen LogP contribution >= 0.6 is 0 Å². The Labute approximate surface area is 172 Å². The molecule has 1 aliphatic rings. The van der Waals surface area contributed by atoms with E-state index in [4.69, 9.17) is 4.74 Å². The Morgan fingerprint density at radius 1 is 1.10 bits per heavy atom. The lowest BCUT2D eigenvalue weighted by molar-refractivity contribution is -0.120. The van der Waals surface area contributed by atoms with Crippen LogP contribution in [0.3, 0.4) is 0 Å². The van der Waals surface area contributed by atoms with Crippen molar-refractivity contribution in [2.24, 2.45) is 5.92 Å². The second kappa shape index (κ2) is 8.55. The summed E-state index contributed by atoms with van der Waals surface area (Å²) < 4.78 is 33.2. The van der Waals surface area contributed by atoms with Crippen LogP contribution in [0.1, 0.15) is 29.5 Å². The summed E-state index contributed by atoms with van der Waals surface area (Å²) in [5, 5.41) is 2.94. The smallest absolute Gasteiger partial charge is 0.246 e. The summed E-state index contributed by atoms with van der Waals surface area (Å²) in [6, 6.07) is 10.9. The van der Waals surface area contributed by atoms with E-state index in [9.17, 15) is 13.2 Å². The molecule has 1 unspecified atom stereocenters. The number of aryl methyl sites for hydroxylation is 3. The summed E-state index contributed by atoms with van der Waals surface area (Å²) in [6.45, 7) is 6.41. The van der Waals surface area contributed by atoms with Crippen LogP contribution in [0.25, 0.3) is 0 Å². The molecule has 0 spiro atoms. The van der Waals surface area contributed by atoms with Gasteiger partial charge in [0.1, 0.15) is 10.6 Å². The Hall–Kier alpha value is -2.38. The van der Waals surface area contributed by atoms with Crippen LogP contribution in [0.15, 0.2) is 41.3 Å². The van der Waals surface area contributed by atoms with Gasteiger partial charge in [0.15, 0.2) is 0 Å². The van der Waals surface area contributed by atoms with E-state index < -0.39 is 15.9 Å². The molecule has 1 fully saturated rings. The average molecular weight is 417 g/mol. The molecule has 1 aliphatic heterocycles. The number of hydrogen-bond donors (Lipinski definition) is 1. The number of carbonyl (C=O) groups excluding carboxylic acids is 1. The van der Waals surface area contributed by atoms with Crippen LogP contribution in [0, 0.1) is 26.7 Å². The SMILES string of the molecule is COc1ccc(C)cc1S(=O)(=O)N1CCCC(C(=O)Nc2ccc(C)c(C)c2)C1. The van der Waals surface area contributed by atoms with Crippen molar-refractivity contribution in [2.75, 3.05) is 25.5 Å². The maximum absolute atomic E-state index is 13.2. The van der Waals surface area contributed by atoms with E-state index in [-0.39, 0.29) is 17.3 Å². The molecule has 2 aromatic rings. The summed E-state index contributed by atoms with van der Waals surface area (Å²) >= 11 is 0. The number of sulfonamides is 1. The molecule has 0 bridgehead atoms. The van der Waals surface area contributed by atoms with Gasteiger partial charge in [-0.05, 0) is 74.6 Å². The third-order valence-electron chi connectivity index (χ3n) is 5.47. The fourth-order valence-corrected chi connectivity index (χ4v) is 5.33. The largest absolute Gasteiger partial charge is 0.495 e. The Morgan fingerprint density at radius 3 is 2.55 bits per heavy atom. The van der Waals surface area contributed by atoms with Gasteiger partial charge < -0.3 is 10.1 Å². The molecule has 0 radical (unpaired) electrons. The molecular formula is C22H28N2O4S. The summed E-state index contributed by atoms with van der Waals surface area (Å²) in [7, 11) is -2.29. The van der Waals surface area contributed by atoms with E-state index in [1.54, 1.807) is 12.1 Å². The number of benzene rings is 2. The first-order valence-corrected chi connectivity index (χ1v) is 11.2. The number of ether oxygens (including phenoxy) is 1. The number of rotatable bonds is 5. The number of carbonyl (C=O) groups is 1. The van der Waals surface area contributed by atoms with Crippen LogP contribution < -0.4 is 10.1 Å². The van der Waals surface area contributed by atoms with Crippen LogP contribution in [0.2, 0.25) is 0 Å². The second-order valence-corrected chi connectivity index (χ2v) is 9.55. The highest BCUT2D eigenvalue weighted by Crippen LogP contribution is 2.31. The highest BCUT2D eigenvalue weighted by Gasteiger charge is 2.35. The Bertz CT molecular complexity index is 1020. The normalized spacial score (nSPS) is 17.7. The molecule has 3 rings (SSSR count). The molecule has 156 valence electrons. The monoisotopic (exact) mass is 416 g/mol. The standard InChI is InChI=1S/C22H28N2O4S/c1-15-7-10-20(28-4)21(12-15)29(26,27)24-11-5-6-18(14-24)22(25)23-19-9-8-16(2)17(3)13-19/h7-10,12-13,18H,5-6,11,14H2,1-4H3,(H,23,25). The summed E-state index contributed by atoms with van der Waals surface area (Å²) in [5.41, 5.74) is 3.83. The fourth-order valence-electron chi connectivity index (χ4n) is 3.56. The van der Waals surface area contributed by atoms with Crippen molar-refractivity contribution in [1.29, 1.82) is 0 Å². The number of nitrogens with zero attached hydrogens (tertiary/aromatic N) is 1. The molecule has 1 heterocycles. The van der Waals surface area contributed by atoms with Gasteiger partial charge in [-0.3, -0.25) is 4.79 Å². The summed E-state index contributed by atoms with van der Waals surface area (Å²) in [4.78, 5) is 12.9. The van der Waals surface area contributed by atoms with Crippen molar-refractivity contribution < 1.29 is 17.9 Å². The molecule has 1 saturated heterocycles. The Kier molecular flexibility index (Phi) is 6.29. The number of piperidine rings is 1. The Balaban J connectivity index is 1.78. The van der Waals surface area contributed by atoms with E-state index in [1.807, 2.05) is 45.0 Å². The van der Waals surface area contributed by atoms with Crippen LogP contribution in [-0.4, -0.2) is 38.8 Å². The van der Waals surface area contributed by atoms with E-state index in [2.05, 4.69) is 5.32 Å². The van der Waals surface area contributed by atoms with Gasteiger partial charge in [0, 0.05) is 18.8 Å². The van der Waals surface area contributed by atoms with Gasteiger partial charge in [0.05, 0.1) is 13.0 Å². The number of hydrogen-bond acceptors (Lipinski definition) is 4. The van der Waals surface area contributed by atoms with Crippen molar-refractivity contribution in [3.8, 4) is 5.75 Å². The van der Waals surface area contributed by atoms with Gasteiger partial charge >= 0.3 is 0 Å². The van der Waals surface area contributed by atoms with Gasteiger partial charge in [-0.1, -0.05) is 12.1 Å². The van der Waals surface area contributed by atoms with Crippen molar-refractivity contribution in [3.63, 3.8) is 0 Å². The topological polar surface area (TPSA) is 75.7 Å². The number of anilines is 1. The van der Waals surface area contributed by atoms with Crippen molar-refractivity contribution >= 4 is 21.6 Å². The molecular weight excluding hydrogens is 388 g/mol. The molecule has 0 aliphatic carbocycles. The molecule has 6 nitrogen and oxygen atoms in total. The summed E-state index contributed by atoms with van der Waals surface area (Å²) in [5.74, 6) is -0.224. The maximum Gasteiger partial charge on any atom is 0.246 e. The van der Waals surface area contributed by atoms with Crippen LogP contribution in [0.4, 0.5) is 5.69 Å². The van der Waals surface area contributed by atoms with Gasteiger partial charge in [-0.2, -0.15) is 4.31 Å². The van der Waals surface area contributed by atoms with Crippen molar-refractivity contribution in [3.05, 3.63) is 53.1 Å². The first-order chi connectivity index (χ1) is 13.7. The van der Waals surface area contributed by atoms with Gasteiger partial charge in [0.25, 0.3) is 0 Å². The predicted octanol–water partition coefficient (Wildman–Crippen LogP) is 3.66. The zero-order chi connectivity index (χ0) is 21.2. The lowest BCUT2D eigenvalue weighted by Gasteiger charge is -2.31. The third kappa shape index (κ3) is 4.62. The van der Waals surface area contributed by atoms with Crippen LogP contribution in [0.5, 0.6) is 5.75 Å². The second-order valence-electron chi connectivity index (χ2n) is 7.64. The number of nitrogens with one attached hydrogen (secondary N) is 1. The lowest BCUT2D eigenvalue weighted by Crippen LogP contribution is -2.43. The van der Waals surface area contributed by atoms with Gasteiger partial charge in [-0.25, -0.2) is 8.42 Å². The molecule has 1 N–H and O–H groups in total. The molecule has 0 aromatic heterocycles. The lowest BCUT2D eigenvalue weighted by atomic mass is 9.98. The minimum Gasteiger partial charge on any atom is -0.495 e. The number of methoxy groups -OCH3 is 1. The van der Waals surface area contributed by atoms with E-state index in [0.717, 1.165) is 22.4 Å². The zero-order valence-corrected chi connectivity index (χ0v) is 18.2. The fraction of sp³-hybridized carbons (Fsp3) is 0.409. The van der Waals surface area contributed by atoms with E-state index in [0.29, 0.717) is 25.1 Å². The highest BCUT2D eigenvalue weighted by molar-refractivity contribution is 7.89. The maximum atomic E-state index is 13.2. The molecule has 1 atom stereocenters. The van der Waals surface area contributed by atoms with Crippen molar-refractivity contribution in [1.82, 2.24) is 4.31 Å². The van der Waals surface area contributed by atoms with E-state index in [1.165, 1.54) is 11.4 Å². The third-order valence-corrected chi connectivity index (χ3v) is 7.35. The molecule has 29 heavy (non-hydrogen) atoms. The van der Waals surface area contributed by atoms with Gasteiger partial charge in [0.2, 0.25) is 15.9 Å². The summed E-state index contributed by atoms with van der Waals surface area (Å²) in [6.07, 6.45) is 1.30. The van der Waals surface area contributed by atoms with Crippen LogP contribution in [-0.2, 0) is 14.8 Å². The number of amides is 1. The first-order valence-electron chi connectivity index (χ1n) is 9.75. The molecule has 2 aromatic carbocycles. The quantitative estimate of drug-likeness (QED) is 0.807. The molecule has 7 heteroatoms. The zero-order valence-electron chi connectivity index (χ0n) is 17.4. The molecule has 0 saturated carbocycles. The molecule has 1 amide bonds. The average Bonchev–Trinajstić information content (AvgIpc) is 2.70. The Morgan fingerprint density at radius 2 is 1.86 bits per heavy atom. The van der Waals surface area contributed by atoms with E-state index >= 15 is 0 Å². The highest BCUT2D eigenvalue weighted by atomic mass is 32.2. The minimum atomic E-state index is -3.75.